The van der Waals surface area contributed by atoms with Crippen molar-refractivity contribution in [3.05, 3.63) is 72.2 Å². The van der Waals surface area contributed by atoms with E-state index in [0.29, 0.717) is 6.54 Å². The van der Waals surface area contributed by atoms with Crippen LogP contribution < -0.4 is 10.6 Å². The summed E-state index contributed by atoms with van der Waals surface area (Å²) in [7, 11) is 0. The predicted molar refractivity (Wildman–Crippen MR) is 103 cm³/mol. The van der Waals surface area contributed by atoms with Gasteiger partial charge in [-0.2, -0.15) is 5.10 Å². The molecule has 3 aromatic rings. The van der Waals surface area contributed by atoms with Crippen molar-refractivity contribution in [2.75, 3.05) is 6.54 Å². The summed E-state index contributed by atoms with van der Waals surface area (Å²) >= 11 is 0. The van der Waals surface area contributed by atoms with Crippen molar-refractivity contribution in [2.45, 2.75) is 38.4 Å². The van der Waals surface area contributed by atoms with Gasteiger partial charge in [-0.1, -0.05) is 30.3 Å². The molecule has 4 rings (SSSR count). The number of guanidine groups is 1. The maximum Gasteiger partial charge on any atom is 0.191 e. The fraction of sp³-hybridized carbons (Fsp3) is 0.350. The molecule has 7 nitrogen and oxygen atoms in total. The van der Waals surface area contributed by atoms with Crippen molar-refractivity contribution in [3.63, 3.8) is 0 Å². The Bertz CT molecular complexity index is 856. The molecule has 0 amide bonds. The zero-order chi connectivity index (χ0) is 18.3. The van der Waals surface area contributed by atoms with Gasteiger partial charge in [-0.3, -0.25) is 0 Å². The lowest BCUT2D eigenvalue weighted by molar-refractivity contribution is 0.392. The van der Waals surface area contributed by atoms with Crippen molar-refractivity contribution in [1.82, 2.24) is 25.4 Å². The molecule has 0 saturated carbocycles. The molecule has 0 aliphatic carbocycles. The van der Waals surface area contributed by atoms with Crippen LogP contribution in [-0.4, -0.2) is 33.3 Å². The van der Waals surface area contributed by atoms with Crippen molar-refractivity contribution < 1.29 is 4.42 Å². The largest absolute Gasteiger partial charge is 0.469 e. The van der Waals surface area contributed by atoms with Crippen LogP contribution in [0.25, 0.3) is 0 Å². The summed E-state index contributed by atoms with van der Waals surface area (Å²) in [6.07, 6.45) is 6.09. The van der Waals surface area contributed by atoms with Gasteiger partial charge in [0.15, 0.2) is 5.96 Å². The van der Waals surface area contributed by atoms with Crippen molar-refractivity contribution in [3.8, 4) is 0 Å². The Morgan fingerprint density at radius 2 is 2.15 bits per heavy atom. The Balaban J connectivity index is 1.38. The number of nitrogens with one attached hydrogen (secondary N) is 2. The highest BCUT2D eigenvalue weighted by molar-refractivity contribution is 5.80. The lowest BCUT2D eigenvalue weighted by Gasteiger charge is -2.25. The van der Waals surface area contributed by atoms with E-state index in [4.69, 9.17) is 9.41 Å². The van der Waals surface area contributed by atoms with E-state index in [1.54, 1.807) is 12.6 Å². The Kier molecular flexibility index (Phi) is 5.47. The molecule has 1 atom stereocenters. The van der Waals surface area contributed by atoms with Crippen LogP contribution in [0.4, 0.5) is 0 Å². The van der Waals surface area contributed by atoms with E-state index in [2.05, 4.69) is 32.8 Å². The topological polar surface area (TPSA) is 80.3 Å². The smallest absolute Gasteiger partial charge is 0.191 e. The van der Waals surface area contributed by atoms with E-state index in [9.17, 15) is 0 Å². The van der Waals surface area contributed by atoms with Crippen LogP contribution in [0.15, 0.2) is 64.5 Å². The van der Waals surface area contributed by atoms with Gasteiger partial charge < -0.3 is 15.1 Å². The van der Waals surface area contributed by atoms with Gasteiger partial charge in [-0.05, 0) is 24.1 Å². The fourth-order valence-corrected chi connectivity index (χ4v) is 3.21. The lowest BCUT2D eigenvalue weighted by atomic mass is 10.1. The van der Waals surface area contributed by atoms with Gasteiger partial charge in [-0.15, -0.1) is 0 Å². The number of benzene rings is 1. The van der Waals surface area contributed by atoms with Gasteiger partial charge in [0.05, 0.1) is 19.4 Å². The minimum atomic E-state index is 0.282. The SMILES string of the molecule is c1ccc(CN=C(NCCc2ccco2)NC2CCc3ncnn3C2)cc1. The number of hydrogen-bond acceptors (Lipinski definition) is 4. The van der Waals surface area contributed by atoms with Crippen molar-refractivity contribution >= 4 is 5.96 Å². The van der Waals surface area contributed by atoms with Crippen LogP contribution in [0.3, 0.4) is 0 Å². The molecule has 1 unspecified atom stereocenters. The molecule has 0 fully saturated rings. The second-order valence-electron chi connectivity index (χ2n) is 6.64. The normalized spacial score (nSPS) is 16.7. The second kappa shape index (κ2) is 8.53. The standard InChI is InChI=1S/C20H24N6O/c1-2-5-16(6-3-1)13-22-20(21-11-10-18-7-4-12-27-18)25-17-8-9-19-23-15-24-26(19)14-17/h1-7,12,15,17H,8-11,13-14H2,(H2,21,22,25). The van der Waals surface area contributed by atoms with Crippen LogP contribution in [-0.2, 0) is 25.9 Å². The van der Waals surface area contributed by atoms with Crippen LogP contribution in [0.5, 0.6) is 0 Å². The van der Waals surface area contributed by atoms with Gasteiger partial charge >= 0.3 is 0 Å². The number of rotatable bonds is 6. The van der Waals surface area contributed by atoms with Crippen LogP contribution in [0.2, 0.25) is 0 Å². The summed E-state index contributed by atoms with van der Waals surface area (Å²) in [5.41, 5.74) is 1.19. The quantitative estimate of drug-likeness (QED) is 0.518. The molecule has 1 aliphatic rings. The summed E-state index contributed by atoms with van der Waals surface area (Å²) < 4.78 is 7.38. The van der Waals surface area contributed by atoms with E-state index in [0.717, 1.165) is 49.9 Å². The summed E-state index contributed by atoms with van der Waals surface area (Å²) in [6, 6.07) is 14.5. The van der Waals surface area contributed by atoms with Gasteiger partial charge in [0, 0.05) is 25.4 Å². The number of hydrogen-bond donors (Lipinski definition) is 2. The Morgan fingerprint density at radius 1 is 1.22 bits per heavy atom. The summed E-state index contributed by atoms with van der Waals surface area (Å²) in [6.45, 7) is 2.20. The zero-order valence-corrected chi connectivity index (χ0v) is 15.2. The molecule has 1 aromatic carbocycles. The highest BCUT2D eigenvalue weighted by atomic mass is 16.3. The highest BCUT2D eigenvalue weighted by Gasteiger charge is 2.20. The van der Waals surface area contributed by atoms with Crippen LogP contribution in [0, 0.1) is 0 Å². The monoisotopic (exact) mass is 364 g/mol. The average Bonchev–Trinajstić information content (AvgIpc) is 3.38. The molecule has 1 aliphatic heterocycles. The average molecular weight is 364 g/mol. The third kappa shape index (κ3) is 4.75. The summed E-state index contributed by atoms with van der Waals surface area (Å²) in [4.78, 5) is 9.06. The minimum Gasteiger partial charge on any atom is -0.469 e. The molecule has 3 heterocycles. The van der Waals surface area contributed by atoms with Gasteiger partial charge in [0.25, 0.3) is 0 Å². The Hall–Kier alpha value is -3.09. The zero-order valence-electron chi connectivity index (χ0n) is 15.2. The maximum absolute atomic E-state index is 5.41. The first-order valence-corrected chi connectivity index (χ1v) is 9.34. The molecule has 140 valence electrons. The van der Waals surface area contributed by atoms with E-state index in [-0.39, 0.29) is 6.04 Å². The molecule has 0 saturated heterocycles. The van der Waals surface area contributed by atoms with E-state index >= 15 is 0 Å². The highest BCUT2D eigenvalue weighted by Crippen LogP contribution is 2.11. The number of aryl methyl sites for hydroxylation is 1. The van der Waals surface area contributed by atoms with Gasteiger partial charge in [0.1, 0.15) is 17.9 Å². The molecular formula is C20H24N6O. The summed E-state index contributed by atoms with van der Waals surface area (Å²) in [5.74, 6) is 2.84. The predicted octanol–water partition coefficient (Wildman–Crippen LogP) is 2.16. The van der Waals surface area contributed by atoms with Crippen LogP contribution >= 0.6 is 0 Å². The molecule has 0 bridgehead atoms. The lowest BCUT2D eigenvalue weighted by Crippen LogP contribution is -2.47. The van der Waals surface area contributed by atoms with Crippen molar-refractivity contribution in [1.29, 1.82) is 0 Å². The van der Waals surface area contributed by atoms with Gasteiger partial charge in [-0.25, -0.2) is 14.7 Å². The van der Waals surface area contributed by atoms with E-state index in [1.165, 1.54) is 5.56 Å². The van der Waals surface area contributed by atoms with E-state index in [1.807, 2.05) is 35.0 Å². The maximum atomic E-state index is 5.41. The number of aliphatic imine (C=N–C) groups is 1. The molecule has 0 radical (unpaired) electrons. The number of nitrogens with zero attached hydrogens (tertiary/aromatic N) is 4. The van der Waals surface area contributed by atoms with Crippen molar-refractivity contribution in [2.24, 2.45) is 4.99 Å². The number of furan rings is 1. The summed E-state index contributed by atoms with van der Waals surface area (Å²) in [5, 5.41) is 11.3. The van der Waals surface area contributed by atoms with E-state index < -0.39 is 0 Å². The Morgan fingerprint density at radius 3 is 3.00 bits per heavy atom. The fourth-order valence-electron chi connectivity index (χ4n) is 3.21. The third-order valence-corrected chi connectivity index (χ3v) is 4.65. The minimum absolute atomic E-state index is 0.282. The molecule has 2 N–H and O–H groups in total. The first-order valence-electron chi connectivity index (χ1n) is 9.34. The third-order valence-electron chi connectivity index (χ3n) is 4.65. The molecule has 2 aromatic heterocycles. The number of fused-ring (bicyclic) bond motifs is 1. The van der Waals surface area contributed by atoms with Crippen LogP contribution in [0.1, 0.15) is 23.6 Å². The number of aromatic nitrogens is 3. The molecule has 27 heavy (non-hydrogen) atoms. The molecule has 7 heteroatoms. The first kappa shape index (κ1) is 17.3. The molecular weight excluding hydrogens is 340 g/mol. The second-order valence-corrected chi connectivity index (χ2v) is 6.64. The molecule has 0 spiro atoms. The first-order chi connectivity index (χ1) is 13.4. The Labute approximate surface area is 158 Å². The van der Waals surface area contributed by atoms with Gasteiger partial charge in [0.2, 0.25) is 0 Å².